The maximum Gasteiger partial charge on any atom is 0.408 e. The fourth-order valence-corrected chi connectivity index (χ4v) is 2.95. The van der Waals surface area contributed by atoms with E-state index in [2.05, 4.69) is 5.32 Å². The van der Waals surface area contributed by atoms with Crippen LogP contribution in [0.1, 0.15) is 31.2 Å². The number of ether oxygens (including phenoxy) is 1. The van der Waals surface area contributed by atoms with E-state index in [-0.39, 0.29) is 32.3 Å². The first-order valence-electron chi connectivity index (χ1n) is 8.49. The van der Waals surface area contributed by atoms with E-state index >= 15 is 0 Å². The molecule has 1 atom stereocenters. The zero-order chi connectivity index (χ0) is 19.2. The lowest BCUT2D eigenvalue weighted by atomic mass is 9.81. The van der Waals surface area contributed by atoms with Gasteiger partial charge in [0, 0.05) is 19.9 Å². The summed E-state index contributed by atoms with van der Waals surface area (Å²) in [7, 11) is 2.72. The number of nitrogens with zero attached hydrogens (tertiary/aromatic N) is 1. The molecule has 1 aliphatic rings. The predicted molar refractivity (Wildman–Crippen MR) is 90.2 cm³/mol. The Kier molecular flexibility index (Phi) is 6.90. The number of hydrogen-bond acceptors (Lipinski definition) is 4. The van der Waals surface area contributed by atoms with Crippen LogP contribution in [-0.4, -0.2) is 43.2 Å². The number of alkyl carbamates (subject to hydrolysis) is 1. The molecule has 6 nitrogen and oxygen atoms in total. The summed E-state index contributed by atoms with van der Waals surface area (Å²) in [5.74, 6) is -3.62. The fraction of sp³-hybridized carbons (Fsp3) is 0.556. The molecule has 1 aromatic carbocycles. The molecule has 0 bridgehead atoms. The Morgan fingerprint density at radius 1 is 1.27 bits per heavy atom. The maximum absolute atomic E-state index is 13.4. The number of halogens is 2. The maximum atomic E-state index is 13.4. The molecule has 1 unspecified atom stereocenters. The number of rotatable bonds is 6. The van der Waals surface area contributed by atoms with Crippen LogP contribution < -0.4 is 5.32 Å². The SMILES string of the molecule is CON(C)C(=O)C(NC(=O)OCc1ccccc1)C1CCC(F)(F)CC1. The number of alkyl halides is 2. The van der Waals surface area contributed by atoms with E-state index in [9.17, 15) is 18.4 Å². The Hall–Kier alpha value is -2.22. The van der Waals surface area contributed by atoms with Crippen molar-refractivity contribution in [1.82, 2.24) is 10.4 Å². The topological polar surface area (TPSA) is 67.9 Å². The second-order valence-corrected chi connectivity index (χ2v) is 6.40. The molecule has 0 heterocycles. The van der Waals surface area contributed by atoms with Crippen LogP contribution in [0.15, 0.2) is 30.3 Å². The van der Waals surface area contributed by atoms with Gasteiger partial charge in [-0.15, -0.1) is 0 Å². The van der Waals surface area contributed by atoms with Gasteiger partial charge in [0.1, 0.15) is 12.6 Å². The van der Waals surface area contributed by atoms with Crippen LogP contribution in [-0.2, 0) is 21.0 Å². The van der Waals surface area contributed by atoms with Crippen molar-refractivity contribution >= 4 is 12.0 Å². The van der Waals surface area contributed by atoms with Gasteiger partial charge >= 0.3 is 6.09 Å². The van der Waals surface area contributed by atoms with Gasteiger partial charge in [-0.05, 0) is 24.3 Å². The van der Waals surface area contributed by atoms with E-state index < -0.39 is 29.9 Å². The molecule has 144 valence electrons. The first-order valence-corrected chi connectivity index (χ1v) is 8.49. The lowest BCUT2D eigenvalue weighted by Gasteiger charge is -2.34. The van der Waals surface area contributed by atoms with Gasteiger partial charge < -0.3 is 10.1 Å². The predicted octanol–water partition coefficient (Wildman–Crippen LogP) is 3.13. The van der Waals surface area contributed by atoms with Gasteiger partial charge in [-0.25, -0.2) is 18.6 Å². The lowest BCUT2D eigenvalue weighted by molar-refractivity contribution is -0.173. The summed E-state index contributed by atoms with van der Waals surface area (Å²) in [6.45, 7) is 0.0520. The van der Waals surface area contributed by atoms with Gasteiger partial charge in [0.15, 0.2) is 0 Å². The zero-order valence-electron chi connectivity index (χ0n) is 14.9. The summed E-state index contributed by atoms with van der Waals surface area (Å²) in [6.07, 6.45) is -1.11. The molecule has 1 aromatic rings. The Bertz CT molecular complexity index is 602. The van der Waals surface area contributed by atoms with Crippen LogP contribution in [0.3, 0.4) is 0 Å². The fourth-order valence-electron chi connectivity index (χ4n) is 2.95. The Morgan fingerprint density at radius 3 is 2.46 bits per heavy atom. The second kappa shape index (κ2) is 8.93. The highest BCUT2D eigenvalue weighted by Crippen LogP contribution is 2.37. The molecule has 2 rings (SSSR count). The highest BCUT2D eigenvalue weighted by atomic mass is 19.3. The third-order valence-electron chi connectivity index (χ3n) is 4.57. The van der Waals surface area contributed by atoms with Gasteiger partial charge in [-0.2, -0.15) is 0 Å². The van der Waals surface area contributed by atoms with Crippen molar-refractivity contribution < 1.29 is 27.9 Å². The van der Waals surface area contributed by atoms with E-state index in [1.54, 1.807) is 12.1 Å². The van der Waals surface area contributed by atoms with Crippen LogP contribution in [0.4, 0.5) is 13.6 Å². The number of carbonyl (C=O) groups is 2. The normalized spacial score (nSPS) is 18.0. The van der Waals surface area contributed by atoms with E-state index in [4.69, 9.17) is 9.57 Å². The minimum Gasteiger partial charge on any atom is -0.445 e. The number of carbonyl (C=O) groups excluding carboxylic acids is 2. The zero-order valence-corrected chi connectivity index (χ0v) is 14.9. The van der Waals surface area contributed by atoms with Crippen LogP contribution in [0.25, 0.3) is 0 Å². The number of benzene rings is 1. The monoisotopic (exact) mass is 370 g/mol. The van der Waals surface area contributed by atoms with E-state index in [1.807, 2.05) is 18.2 Å². The minimum atomic E-state index is -2.72. The molecule has 0 aliphatic heterocycles. The summed E-state index contributed by atoms with van der Waals surface area (Å²) in [4.78, 5) is 29.5. The van der Waals surface area contributed by atoms with Crippen molar-refractivity contribution in [2.24, 2.45) is 5.92 Å². The van der Waals surface area contributed by atoms with E-state index in [0.717, 1.165) is 10.6 Å². The van der Waals surface area contributed by atoms with Crippen molar-refractivity contribution in [2.75, 3.05) is 14.2 Å². The smallest absolute Gasteiger partial charge is 0.408 e. The van der Waals surface area contributed by atoms with Gasteiger partial charge in [-0.1, -0.05) is 30.3 Å². The van der Waals surface area contributed by atoms with Crippen molar-refractivity contribution in [1.29, 1.82) is 0 Å². The average Bonchev–Trinajstić information content (AvgIpc) is 2.64. The molecule has 0 spiro atoms. The molecule has 0 saturated heterocycles. The molecule has 2 amide bonds. The summed E-state index contributed by atoms with van der Waals surface area (Å²) in [5, 5.41) is 3.50. The van der Waals surface area contributed by atoms with Crippen molar-refractivity contribution in [2.45, 2.75) is 44.3 Å². The standard InChI is InChI=1S/C18H24F2N2O4/c1-22(25-2)16(23)15(14-8-10-18(19,20)11-9-14)21-17(24)26-12-13-6-4-3-5-7-13/h3-7,14-15H,8-12H2,1-2H3,(H,21,24). The first-order chi connectivity index (χ1) is 12.3. The van der Waals surface area contributed by atoms with E-state index in [0.29, 0.717) is 0 Å². The molecule has 1 aliphatic carbocycles. The molecule has 1 saturated carbocycles. The minimum absolute atomic E-state index is 0.0520. The summed E-state index contributed by atoms with van der Waals surface area (Å²) < 4.78 is 32.0. The quantitative estimate of drug-likeness (QED) is 0.782. The van der Waals surface area contributed by atoms with Crippen LogP contribution in [0.2, 0.25) is 0 Å². The molecule has 26 heavy (non-hydrogen) atoms. The van der Waals surface area contributed by atoms with Crippen LogP contribution in [0.5, 0.6) is 0 Å². The average molecular weight is 370 g/mol. The summed E-state index contributed by atoms with van der Waals surface area (Å²) in [5.41, 5.74) is 0.803. The molecule has 1 N–H and O–H groups in total. The number of likely N-dealkylation sites (N-methyl/N-ethyl adjacent to an activating group) is 1. The highest BCUT2D eigenvalue weighted by Gasteiger charge is 2.41. The van der Waals surface area contributed by atoms with Gasteiger partial charge in [0.2, 0.25) is 5.92 Å². The van der Waals surface area contributed by atoms with Crippen molar-refractivity contribution in [3.8, 4) is 0 Å². The largest absolute Gasteiger partial charge is 0.445 e. The molecule has 1 fully saturated rings. The number of nitrogens with one attached hydrogen (secondary N) is 1. The summed E-state index contributed by atoms with van der Waals surface area (Å²) in [6, 6.07) is 8.12. The van der Waals surface area contributed by atoms with Gasteiger partial charge in [0.05, 0.1) is 7.11 Å². The molecule has 0 aromatic heterocycles. The molecule has 8 heteroatoms. The first kappa shape index (κ1) is 20.1. The van der Waals surface area contributed by atoms with Crippen molar-refractivity contribution in [3.63, 3.8) is 0 Å². The Morgan fingerprint density at radius 2 is 1.88 bits per heavy atom. The van der Waals surface area contributed by atoms with E-state index in [1.165, 1.54) is 14.2 Å². The Labute approximate surface area is 151 Å². The highest BCUT2D eigenvalue weighted by molar-refractivity contribution is 5.85. The number of hydrogen-bond donors (Lipinski definition) is 1. The number of amides is 2. The second-order valence-electron chi connectivity index (χ2n) is 6.40. The summed E-state index contributed by atoms with van der Waals surface area (Å²) >= 11 is 0. The third kappa shape index (κ3) is 5.66. The lowest BCUT2D eigenvalue weighted by Crippen LogP contribution is -2.52. The van der Waals surface area contributed by atoms with Gasteiger partial charge in [-0.3, -0.25) is 9.63 Å². The Balaban J connectivity index is 1.99. The molecular weight excluding hydrogens is 346 g/mol. The third-order valence-corrected chi connectivity index (χ3v) is 4.57. The van der Waals surface area contributed by atoms with Crippen LogP contribution in [0, 0.1) is 5.92 Å². The molecular formula is C18H24F2N2O4. The van der Waals surface area contributed by atoms with Crippen LogP contribution >= 0.6 is 0 Å². The van der Waals surface area contributed by atoms with Crippen molar-refractivity contribution in [3.05, 3.63) is 35.9 Å². The number of hydroxylamine groups is 2. The van der Waals surface area contributed by atoms with Gasteiger partial charge in [0.25, 0.3) is 5.91 Å². The molecule has 0 radical (unpaired) electrons.